The van der Waals surface area contributed by atoms with Crippen LogP contribution in [-0.2, 0) is 13.0 Å². The van der Waals surface area contributed by atoms with Crippen molar-refractivity contribution in [1.29, 1.82) is 0 Å². The monoisotopic (exact) mass is 524 g/mol. The van der Waals surface area contributed by atoms with Gasteiger partial charge in [0, 0.05) is 0 Å². The maximum atomic E-state index is 15.3. The summed E-state index contributed by atoms with van der Waals surface area (Å²) in [6.45, 7) is 4.30. The lowest BCUT2D eigenvalue weighted by Crippen LogP contribution is -2.06. The molecule has 198 valence electrons. The zero-order valence-corrected chi connectivity index (χ0v) is 22.1. The summed E-state index contributed by atoms with van der Waals surface area (Å²) in [5, 5.41) is 0.0996. The third kappa shape index (κ3) is 5.93. The zero-order valence-electron chi connectivity index (χ0n) is 22.1. The van der Waals surface area contributed by atoms with Crippen LogP contribution in [0.1, 0.15) is 42.9 Å². The molecule has 0 spiro atoms. The second kappa shape index (κ2) is 11.6. The second-order valence-electron chi connectivity index (χ2n) is 9.86. The predicted molar refractivity (Wildman–Crippen MR) is 152 cm³/mol. The molecule has 0 aliphatic rings. The molecule has 39 heavy (non-hydrogen) atoms. The Bertz CT molecular complexity index is 1650. The van der Waals surface area contributed by atoms with E-state index < -0.39 is 17.3 Å². The summed E-state index contributed by atoms with van der Waals surface area (Å²) >= 11 is 0. The van der Waals surface area contributed by atoms with Crippen molar-refractivity contribution in [3.63, 3.8) is 0 Å². The standard InChI is InChI=1S/C34H30F2O3/c1-3-4-5-6-23-11-17-28(29(35)19-23)31-20-27-16-18-30(33(36)32(27)34(37)39-31)38-21-24-9-14-26(15-10-24)25-12-7-22(2)8-13-25/h7-20H,3-6,21H2,1-2H3. The minimum absolute atomic E-state index is 0.0484. The molecule has 0 N–H and O–H groups in total. The van der Waals surface area contributed by atoms with Gasteiger partial charge in [0.25, 0.3) is 0 Å². The number of ether oxygens (including phenoxy) is 1. The molecule has 0 aliphatic carbocycles. The fourth-order valence-electron chi connectivity index (χ4n) is 4.66. The van der Waals surface area contributed by atoms with E-state index >= 15 is 4.39 Å². The number of benzene rings is 4. The number of halogens is 2. The Morgan fingerprint density at radius 3 is 2.18 bits per heavy atom. The van der Waals surface area contributed by atoms with Crippen LogP contribution in [0.3, 0.4) is 0 Å². The van der Waals surface area contributed by atoms with Gasteiger partial charge >= 0.3 is 5.63 Å². The van der Waals surface area contributed by atoms with Crippen molar-refractivity contribution < 1.29 is 17.9 Å². The van der Waals surface area contributed by atoms with E-state index in [1.54, 1.807) is 12.1 Å². The second-order valence-corrected chi connectivity index (χ2v) is 9.86. The van der Waals surface area contributed by atoms with Crippen LogP contribution in [0.15, 0.2) is 94.1 Å². The van der Waals surface area contributed by atoms with Crippen LogP contribution < -0.4 is 10.4 Å². The first-order valence-electron chi connectivity index (χ1n) is 13.3. The van der Waals surface area contributed by atoms with Crippen LogP contribution in [0.4, 0.5) is 8.78 Å². The fourth-order valence-corrected chi connectivity index (χ4v) is 4.66. The van der Waals surface area contributed by atoms with Gasteiger partial charge in [0.2, 0.25) is 0 Å². The molecule has 0 saturated carbocycles. The molecule has 1 heterocycles. The highest BCUT2D eigenvalue weighted by Crippen LogP contribution is 2.30. The van der Waals surface area contributed by atoms with E-state index in [0.717, 1.165) is 47.9 Å². The molecule has 0 fully saturated rings. The van der Waals surface area contributed by atoms with Crippen LogP contribution >= 0.6 is 0 Å². The van der Waals surface area contributed by atoms with Gasteiger partial charge in [0.05, 0.1) is 5.56 Å². The molecule has 0 saturated heterocycles. The van der Waals surface area contributed by atoms with Gasteiger partial charge < -0.3 is 9.15 Å². The zero-order chi connectivity index (χ0) is 27.4. The van der Waals surface area contributed by atoms with E-state index in [-0.39, 0.29) is 29.1 Å². The first-order chi connectivity index (χ1) is 18.9. The third-order valence-corrected chi connectivity index (χ3v) is 6.93. The Balaban J connectivity index is 1.33. The van der Waals surface area contributed by atoms with Gasteiger partial charge in [0.15, 0.2) is 11.6 Å². The summed E-state index contributed by atoms with van der Waals surface area (Å²) in [6, 6.07) is 25.6. The highest BCUT2D eigenvalue weighted by molar-refractivity contribution is 5.86. The molecule has 4 aromatic carbocycles. The van der Waals surface area contributed by atoms with Gasteiger partial charge in [-0.25, -0.2) is 13.6 Å². The molecular formula is C34H30F2O3. The van der Waals surface area contributed by atoms with Crippen molar-refractivity contribution in [3.8, 4) is 28.2 Å². The van der Waals surface area contributed by atoms with Gasteiger partial charge in [-0.15, -0.1) is 0 Å². The summed E-state index contributed by atoms with van der Waals surface area (Å²) in [6.07, 6.45) is 3.95. The molecule has 0 aliphatic heterocycles. The van der Waals surface area contributed by atoms with Crippen LogP contribution in [0.5, 0.6) is 5.75 Å². The molecule has 0 unspecified atom stereocenters. The fraction of sp³-hybridized carbons (Fsp3) is 0.206. The summed E-state index contributed by atoms with van der Waals surface area (Å²) in [4.78, 5) is 12.8. The van der Waals surface area contributed by atoms with Crippen molar-refractivity contribution >= 4 is 10.8 Å². The molecule has 5 heteroatoms. The van der Waals surface area contributed by atoms with Gasteiger partial charge in [-0.1, -0.05) is 86.0 Å². The average molecular weight is 525 g/mol. The van der Waals surface area contributed by atoms with Crippen molar-refractivity contribution in [2.45, 2.75) is 46.1 Å². The Morgan fingerprint density at radius 2 is 1.49 bits per heavy atom. The molecule has 0 atom stereocenters. The summed E-state index contributed by atoms with van der Waals surface area (Å²) in [5.74, 6) is -1.25. The maximum absolute atomic E-state index is 15.3. The van der Waals surface area contributed by atoms with Gasteiger partial charge in [-0.05, 0) is 71.7 Å². The first kappa shape index (κ1) is 26.4. The van der Waals surface area contributed by atoms with Crippen LogP contribution in [0.2, 0.25) is 0 Å². The smallest absolute Gasteiger partial charge is 0.347 e. The predicted octanol–water partition coefficient (Wildman–Crippen LogP) is 9.03. The van der Waals surface area contributed by atoms with E-state index in [0.29, 0.717) is 5.39 Å². The highest BCUT2D eigenvalue weighted by atomic mass is 19.1. The van der Waals surface area contributed by atoms with Crippen LogP contribution in [-0.4, -0.2) is 0 Å². The topological polar surface area (TPSA) is 39.4 Å². The van der Waals surface area contributed by atoms with Crippen molar-refractivity contribution in [2.75, 3.05) is 0 Å². The quantitative estimate of drug-likeness (QED) is 0.181. The van der Waals surface area contributed by atoms with E-state index in [9.17, 15) is 9.18 Å². The Hall–Kier alpha value is -4.25. The summed E-state index contributed by atoms with van der Waals surface area (Å²) < 4.78 is 41.3. The number of hydrogen-bond donors (Lipinski definition) is 0. The lowest BCUT2D eigenvalue weighted by molar-refractivity contribution is 0.291. The molecule has 3 nitrogen and oxygen atoms in total. The van der Waals surface area contributed by atoms with Gasteiger partial charge in [0.1, 0.15) is 23.6 Å². The molecule has 5 rings (SSSR count). The van der Waals surface area contributed by atoms with Crippen molar-refractivity contribution in [2.24, 2.45) is 0 Å². The number of unbranched alkanes of at least 4 members (excludes halogenated alkanes) is 2. The Morgan fingerprint density at radius 1 is 0.795 bits per heavy atom. The Kier molecular flexibility index (Phi) is 7.87. The third-order valence-electron chi connectivity index (χ3n) is 6.93. The average Bonchev–Trinajstić information content (AvgIpc) is 2.93. The van der Waals surface area contributed by atoms with E-state index in [2.05, 4.69) is 31.2 Å². The first-order valence-corrected chi connectivity index (χ1v) is 13.3. The van der Waals surface area contributed by atoms with Crippen molar-refractivity contribution in [3.05, 3.63) is 124 Å². The number of rotatable bonds is 9. The SMILES string of the molecule is CCCCCc1ccc(-c2cc3ccc(OCc4ccc(-c5ccc(C)cc5)cc4)c(F)c3c(=O)o2)c(F)c1. The highest BCUT2D eigenvalue weighted by Gasteiger charge is 2.17. The molecule has 1 aromatic heterocycles. The van der Waals surface area contributed by atoms with Gasteiger partial charge in [-0.3, -0.25) is 0 Å². The molecule has 5 aromatic rings. The van der Waals surface area contributed by atoms with Crippen LogP contribution in [0, 0.1) is 18.6 Å². The minimum Gasteiger partial charge on any atom is -0.486 e. The van der Waals surface area contributed by atoms with E-state index in [1.807, 2.05) is 37.3 Å². The number of aryl methyl sites for hydroxylation is 2. The van der Waals surface area contributed by atoms with Gasteiger partial charge in [-0.2, -0.15) is 0 Å². The normalized spacial score (nSPS) is 11.2. The van der Waals surface area contributed by atoms with Crippen molar-refractivity contribution in [1.82, 2.24) is 0 Å². The largest absolute Gasteiger partial charge is 0.486 e. The van der Waals surface area contributed by atoms with Crippen LogP contribution in [0.25, 0.3) is 33.2 Å². The molecule has 0 bridgehead atoms. The number of fused-ring (bicyclic) bond motifs is 1. The van der Waals surface area contributed by atoms with E-state index in [1.165, 1.54) is 23.8 Å². The lowest BCUT2D eigenvalue weighted by Gasteiger charge is -2.11. The lowest BCUT2D eigenvalue weighted by atomic mass is 10.0. The van der Waals surface area contributed by atoms with E-state index in [4.69, 9.17) is 9.15 Å². The minimum atomic E-state index is -0.876. The Labute approximate surface area is 226 Å². The summed E-state index contributed by atoms with van der Waals surface area (Å²) in [7, 11) is 0. The maximum Gasteiger partial charge on any atom is 0.347 e. The number of hydrogen-bond acceptors (Lipinski definition) is 3. The molecule has 0 radical (unpaired) electrons. The molecular weight excluding hydrogens is 494 g/mol. The molecule has 0 amide bonds. The summed E-state index contributed by atoms with van der Waals surface area (Å²) in [5.41, 5.74) is 4.44.